The van der Waals surface area contributed by atoms with Crippen LogP contribution in [0, 0.1) is 11.3 Å². The standard InChI is InChI=1S/C16H30N2O/c1-3-8-16(2)9-4-11-18(13-16)15(19)6-5-14-7-10-17-12-14/h14,17H,3-13H2,1-2H3. The van der Waals surface area contributed by atoms with Crippen molar-refractivity contribution in [3.63, 3.8) is 0 Å². The van der Waals surface area contributed by atoms with Gasteiger partial charge < -0.3 is 10.2 Å². The van der Waals surface area contributed by atoms with Gasteiger partial charge in [-0.3, -0.25) is 4.79 Å². The van der Waals surface area contributed by atoms with E-state index in [2.05, 4.69) is 24.1 Å². The Morgan fingerprint density at radius 3 is 3.00 bits per heavy atom. The maximum absolute atomic E-state index is 12.4. The molecule has 2 aliphatic rings. The van der Waals surface area contributed by atoms with Gasteiger partial charge in [0.2, 0.25) is 5.91 Å². The van der Waals surface area contributed by atoms with Crippen LogP contribution in [0.4, 0.5) is 0 Å². The monoisotopic (exact) mass is 266 g/mol. The molecule has 2 aliphatic heterocycles. The summed E-state index contributed by atoms with van der Waals surface area (Å²) < 4.78 is 0. The molecule has 0 bridgehead atoms. The van der Waals surface area contributed by atoms with Crippen molar-refractivity contribution >= 4 is 5.91 Å². The van der Waals surface area contributed by atoms with E-state index in [-0.39, 0.29) is 0 Å². The smallest absolute Gasteiger partial charge is 0.222 e. The van der Waals surface area contributed by atoms with Gasteiger partial charge in [-0.2, -0.15) is 0 Å². The van der Waals surface area contributed by atoms with Crippen molar-refractivity contribution in [1.29, 1.82) is 0 Å². The van der Waals surface area contributed by atoms with Crippen LogP contribution in [0.2, 0.25) is 0 Å². The summed E-state index contributed by atoms with van der Waals surface area (Å²) in [5.41, 5.74) is 0.373. The third-order valence-corrected chi connectivity index (χ3v) is 4.92. The summed E-state index contributed by atoms with van der Waals surface area (Å²) in [4.78, 5) is 14.5. The first-order valence-electron chi connectivity index (χ1n) is 8.11. The lowest BCUT2D eigenvalue weighted by Crippen LogP contribution is -2.44. The van der Waals surface area contributed by atoms with Crippen LogP contribution < -0.4 is 5.32 Å². The highest BCUT2D eigenvalue weighted by molar-refractivity contribution is 5.76. The van der Waals surface area contributed by atoms with Gasteiger partial charge in [0, 0.05) is 19.5 Å². The Balaban J connectivity index is 1.77. The van der Waals surface area contributed by atoms with Gasteiger partial charge in [-0.1, -0.05) is 20.3 Å². The van der Waals surface area contributed by atoms with Gasteiger partial charge in [0.1, 0.15) is 0 Å². The van der Waals surface area contributed by atoms with E-state index in [4.69, 9.17) is 0 Å². The summed E-state index contributed by atoms with van der Waals surface area (Å²) in [6.45, 7) is 8.83. The molecule has 2 unspecified atom stereocenters. The Kier molecular flexibility index (Phi) is 5.26. The molecular weight excluding hydrogens is 236 g/mol. The highest BCUT2D eigenvalue weighted by Crippen LogP contribution is 2.34. The molecule has 0 aromatic rings. The number of carbonyl (C=O) groups is 1. The number of carbonyl (C=O) groups excluding carboxylic acids is 1. The van der Waals surface area contributed by atoms with Crippen molar-refractivity contribution in [3.05, 3.63) is 0 Å². The van der Waals surface area contributed by atoms with Crippen molar-refractivity contribution in [3.8, 4) is 0 Å². The maximum Gasteiger partial charge on any atom is 0.222 e. The van der Waals surface area contributed by atoms with Crippen LogP contribution in [0.25, 0.3) is 0 Å². The Morgan fingerprint density at radius 2 is 2.32 bits per heavy atom. The third kappa shape index (κ3) is 4.20. The molecule has 2 saturated heterocycles. The van der Waals surface area contributed by atoms with Crippen molar-refractivity contribution in [2.45, 2.75) is 58.8 Å². The zero-order valence-electron chi connectivity index (χ0n) is 12.7. The Morgan fingerprint density at radius 1 is 1.47 bits per heavy atom. The molecule has 2 atom stereocenters. The van der Waals surface area contributed by atoms with Crippen molar-refractivity contribution in [1.82, 2.24) is 10.2 Å². The SMILES string of the molecule is CCCC1(C)CCCN(C(=O)CCC2CCNC2)C1. The van der Waals surface area contributed by atoms with E-state index in [1.54, 1.807) is 0 Å². The number of piperidine rings is 1. The normalized spacial score (nSPS) is 31.7. The van der Waals surface area contributed by atoms with Crippen LogP contribution >= 0.6 is 0 Å². The molecular formula is C16H30N2O. The van der Waals surface area contributed by atoms with E-state index in [1.807, 2.05) is 0 Å². The zero-order valence-corrected chi connectivity index (χ0v) is 12.7. The minimum absolute atomic E-state index is 0.373. The molecule has 0 radical (unpaired) electrons. The van der Waals surface area contributed by atoms with E-state index >= 15 is 0 Å². The van der Waals surface area contributed by atoms with Gasteiger partial charge in [-0.25, -0.2) is 0 Å². The molecule has 2 rings (SSSR count). The number of hydrogen-bond acceptors (Lipinski definition) is 2. The highest BCUT2D eigenvalue weighted by Gasteiger charge is 2.32. The summed E-state index contributed by atoms with van der Waals surface area (Å²) in [6.07, 6.45) is 8.04. The quantitative estimate of drug-likeness (QED) is 0.830. The van der Waals surface area contributed by atoms with Crippen LogP contribution in [-0.4, -0.2) is 37.0 Å². The Bertz CT molecular complexity index is 295. The average Bonchev–Trinajstić information content (AvgIpc) is 2.89. The summed E-state index contributed by atoms with van der Waals surface area (Å²) in [5, 5.41) is 3.38. The lowest BCUT2D eigenvalue weighted by molar-refractivity contribution is -0.134. The fourth-order valence-corrected chi connectivity index (χ4v) is 3.78. The first kappa shape index (κ1) is 14.8. The molecule has 0 aromatic carbocycles. The number of likely N-dealkylation sites (tertiary alicyclic amines) is 1. The van der Waals surface area contributed by atoms with Gasteiger partial charge in [-0.15, -0.1) is 0 Å². The van der Waals surface area contributed by atoms with E-state index in [1.165, 1.54) is 32.1 Å². The maximum atomic E-state index is 12.4. The number of amides is 1. The fraction of sp³-hybridized carbons (Fsp3) is 0.938. The number of rotatable bonds is 5. The average molecular weight is 266 g/mol. The molecule has 1 amide bonds. The van der Waals surface area contributed by atoms with E-state index in [0.29, 0.717) is 11.3 Å². The molecule has 0 saturated carbocycles. The van der Waals surface area contributed by atoms with Crippen molar-refractivity contribution in [2.75, 3.05) is 26.2 Å². The minimum atomic E-state index is 0.373. The molecule has 1 N–H and O–H groups in total. The summed E-state index contributed by atoms with van der Waals surface area (Å²) in [5.74, 6) is 1.13. The topological polar surface area (TPSA) is 32.3 Å². The lowest BCUT2D eigenvalue weighted by atomic mass is 9.78. The van der Waals surface area contributed by atoms with Gasteiger partial charge in [0.05, 0.1) is 0 Å². The van der Waals surface area contributed by atoms with Crippen LogP contribution in [0.15, 0.2) is 0 Å². The zero-order chi connectivity index (χ0) is 13.7. The number of hydrogen-bond donors (Lipinski definition) is 1. The molecule has 3 heteroatoms. The van der Waals surface area contributed by atoms with Crippen molar-refractivity contribution in [2.24, 2.45) is 11.3 Å². The van der Waals surface area contributed by atoms with Gasteiger partial charge in [0.15, 0.2) is 0 Å². The molecule has 0 spiro atoms. The second-order valence-electron chi connectivity index (χ2n) is 6.88. The largest absolute Gasteiger partial charge is 0.342 e. The van der Waals surface area contributed by atoms with E-state index in [0.717, 1.165) is 44.9 Å². The van der Waals surface area contributed by atoms with Gasteiger partial charge in [0.25, 0.3) is 0 Å². The van der Waals surface area contributed by atoms with Crippen LogP contribution in [0.3, 0.4) is 0 Å². The van der Waals surface area contributed by atoms with Crippen molar-refractivity contribution < 1.29 is 4.79 Å². The number of nitrogens with zero attached hydrogens (tertiary/aromatic N) is 1. The first-order chi connectivity index (χ1) is 9.13. The second kappa shape index (κ2) is 6.74. The molecule has 3 nitrogen and oxygen atoms in total. The molecule has 2 heterocycles. The molecule has 0 aliphatic carbocycles. The first-order valence-corrected chi connectivity index (χ1v) is 8.11. The van der Waals surface area contributed by atoms with E-state index < -0.39 is 0 Å². The Hall–Kier alpha value is -0.570. The van der Waals surface area contributed by atoms with Gasteiger partial charge in [-0.05, 0) is 56.5 Å². The Labute approximate surface area is 118 Å². The summed E-state index contributed by atoms with van der Waals surface area (Å²) in [6, 6.07) is 0. The fourth-order valence-electron chi connectivity index (χ4n) is 3.78. The third-order valence-electron chi connectivity index (χ3n) is 4.92. The van der Waals surface area contributed by atoms with Crippen LogP contribution in [-0.2, 0) is 4.79 Å². The molecule has 19 heavy (non-hydrogen) atoms. The molecule has 0 aromatic heterocycles. The molecule has 110 valence electrons. The summed E-state index contributed by atoms with van der Waals surface area (Å²) in [7, 11) is 0. The van der Waals surface area contributed by atoms with E-state index in [9.17, 15) is 4.79 Å². The number of nitrogens with one attached hydrogen (secondary N) is 1. The second-order valence-corrected chi connectivity index (χ2v) is 6.88. The molecule has 2 fully saturated rings. The predicted octanol–water partition coefficient (Wildman–Crippen LogP) is 2.80. The van der Waals surface area contributed by atoms with Gasteiger partial charge >= 0.3 is 0 Å². The summed E-state index contributed by atoms with van der Waals surface area (Å²) >= 11 is 0. The predicted molar refractivity (Wildman–Crippen MR) is 79.0 cm³/mol. The van der Waals surface area contributed by atoms with Crippen LogP contribution in [0.5, 0.6) is 0 Å². The van der Waals surface area contributed by atoms with Crippen LogP contribution in [0.1, 0.15) is 58.8 Å². The minimum Gasteiger partial charge on any atom is -0.342 e. The lowest BCUT2D eigenvalue weighted by Gasteiger charge is -2.40. The highest BCUT2D eigenvalue weighted by atomic mass is 16.2.